The normalized spacial score (nSPS) is 13.7. The molecule has 5 N–H and O–H groups in total. The molecular formula is C63H125NO5. The SMILES string of the molecule is CCCCCCCCCCCCCCCCCCCCCCCCCCC/C=C/CCCC(O)C(O)C(CO)NC(=O)C(O)CCCCCCCCCCCCCCCCCCCCCCCCC. The number of nitrogens with one attached hydrogen (secondary N) is 1. The fourth-order valence-electron chi connectivity index (χ4n) is 10.3. The number of amides is 1. The van der Waals surface area contributed by atoms with Crippen LogP contribution in [0.4, 0.5) is 0 Å². The summed E-state index contributed by atoms with van der Waals surface area (Å²) in [5.74, 6) is -0.585. The molecule has 0 radical (unpaired) electrons. The summed E-state index contributed by atoms with van der Waals surface area (Å²) in [5.41, 5.74) is 0. The highest BCUT2D eigenvalue weighted by molar-refractivity contribution is 5.80. The van der Waals surface area contributed by atoms with Gasteiger partial charge in [-0.3, -0.25) is 4.79 Å². The van der Waals surface area contributed by atoms with E-state index in [1.807, 2.05) is 0 Å². The highest BCUT2D eigenvalue weighted by Crippen LogP contribution is 2.19. The van der Waals surface area contributed by atoms with E-state index < -0.39 is 36.9 Å². The molecule has 0 saturated heterocycles. The molecule has 6 heteroatoms. The van der Waals surface area contributed by atoms with Gasteiger partial charge >= 0.3 is 0 Å². The van der Waals surface area contributed by atoms with Crippen LogP contribution in [0.15, 0.2) is 12.2 Å². The largest absolute Gasteiger partial charge is 0.394 e. The Morgan fingerprint density at radius 2 is 0.594 bits per heavy atom. The van der Waals surface area contributed by atoms with Crippen molar-refractivity contribution < 1.29 is 25.2 Å². The zero-order valence-corrected chi connectivity index (χ0v) is 46.8. The molecule has 0 aromatic rings. The third kappa shape index (κ3) is 51.7. The first-order chi connectivity index (χ1) is 34.0. The molecule has 0 saturated carbocycles. The summed E-state index contributed by atoms with van der Waals surface area (Å²) < 4.78 is 0. The molecule has 0 bridgehead atoms. The zero-order valence-electron chi connectivity index (χ0n) is 46.8. The fraction of sp³-hybridized carbons (Fsp3) is 0.952. The van der Waals surface area contributed by atoms with Gasteiger partial charge in [0.05, 0.1) is 18.8 Å². The second kappa shape index (κ2) is 57.9. The monoisotopic (exact) mass is 976 g/mol. The van der Waals surface area contributed by atoms with Crippen LogP contribution in [0.3, 0.4) is 0 Å². The lowest BCUT2D eigenvalue weighted by Crippen LogP contribution is -2.53. The van der Waals surface area contributed by atoms with E-state index in [0.717, 1.165) is 38.5 Å². The summed E-state index contributed by atoms with van der Waals surface area (Å²) in [6.45, 7) is 4.10. The van der Waals surface area contributed by atoms with Gasteiger partial charge in [-0.05, 0) is 38.5 Å². The molecular weight excluding hydrogens is 851 g/mol. The Kier molecular flexibility index (Phi) is 57.1. The van der Waals surface area contributed by atoms with Gasteiger partial charge in [0.2, 0.25) is 5.91 Å². The van der Waals surface area contributed by atoms with E-state index in [2.05, 4.69) is 31.3 Å². The Bertz CT molecular complexity index is 1010. The summed E-state index contributed by atoms with van der Waals surface area (Å²) >= 11 is 0. The average molecular weight is 977 g/mol. The molecule has 0 fully saturated rings. The smallest absolute Gasteiger partial charge is 0.249 e. The molecule has 0 aromatic heterocycles. The van der Waals surface area contributed by atoms with Gasteiger partial charge in [0, 0.05) is 0 Å². The first-order valence-electron chi connectivity index (χ1n) is 31.6. The Balaban J connectivity index is 3.58. The zero-order chi connectivity index (χ0) is 50.2. The Labute approximate surface area is 432 Å². The second-order valence-corrected chi connectivity index (χ2v) is 22.1. The molecule has 0 aromatic carbocycles. The first-order valence-corrected chi connectivity index (χ1v) is 31.6. The van der Waals surface area contributed by atoms with E-state index >= 15 is 0 Å². The number of unbranched alkanes of at least 4 members (excludes halogenated alkanes) is 48. The van der Waals surface area contributed by atoms with Crippen LogP contribution in [-0.4, -0.2) is 57.3 Å². The summed E-state index contributed by atoms with van der Waals surface area (Å²) in [6, 6.07) is -0.999. The van der Waals surface area contributed by atoms with Crippen LogP contribution in [0.1, 0.15) is 354 Å². The maximum absolute atomic E-state index is 12.6. The van der Waals surface area contributed by atoms with Gasteiger partial charge in [-0.1, -0.05) is 328 Å². The van der Waals surface area contributed by atoms with Gasteiger partial charge in [0.1, 0.15) is 12.2 Å². The fourth-order valence-corrected chi connectivity index (χ4v) is 10.3. The molecule has 0 aliphatic rings. The lowest BCUT2D eigenvalue weighted by molar-refractivity contribution is -0.132. The number of allylic oxidation sites excluding steroid dienone is 2. The number of aliphatic hydroxyl groups is 4. The molecule has 0 aliphatic carbocycles. The minimum atomic E-state index is -1.28. The molecule has 4 unspecified atom stereocenters. The summed E-state index contributed by atoms with van der Waals surface area (Å²) in [5, 5.41) is 44.1. The summed E-state index contributed by atoms with van der Waals surface area (Å²) in [4.78, 5) is 12.6. The average Bonchev–Trinajstić information content (AvgIpc) is 3.35. The van der Waals surface area contributed by atoms with Crippen LogP contribution in [0.5, 0.6) is 0 Å². The molecule has 4 atom stereocenters. The number of rotatable bonds is 59. The number of hydrogen-bond donors (Lipinski definition) is 5. The lowest BCUT2D eigenvalue weighted by atomic mass is 10.00. The molecule has 0 rings (SSSR count). The number of carbonyl (C=O) groups excluding carboxylic acids is 1. The minimum Gasteiger partial charge on any atom is -0.394 e. The lowest BCUT2D eigenvalue weighted by Gasteiger charge is -2.27. The van der Waals surface area contributed by atoms with Crippen LogP contribution in [-0.2, 0) is 4.79 Å². The van der Waals surface area contributed by atoms with Crippen LogP contribution >= 0.6 is 0 Å². The van der Waals surface area contributed by atoms with E-state index in [4.69, 9.17) is 0 Å². The minimum absolute atomic E-state index is 0.369. The van der Waals surface area contributed by atoms with Crippen LogP contribution < -0.4 is 5.32 Å². The number of hydrogen-bond acceptors (Lipinski definition) is 5. The highest BCUT2D eigenvalue weighted by atomic mass is 16.3. The molecule has 0 aliphatic heterocycles. The maximum atomic E-state index is 12.6. The van der Waals surface area contributed by atoms with E-state index in [1.54, 1.807) is 0 Å². The van der Waals surface area contributed by atoms with Gasteiger partial charge in [-0.25, -0.2) is 0 Å². The first kappa shape index (κ1) is 68.0. The van der Waals surface area contributed by atoms with Crippen molar-refractivity contribution in [3.05, 3.63) is 12.2 Å². The molecule has 1 amide bonds. The van der Waals surface area contributed by atoms with Crippen molar-refractivity contribution in [2.75, 3.05) is 6.61 Å². The van der Waals surface area contributed by atoms with Crippen molar-refractivity contribution in [1.29, 1.82) is 0 Å². The Morgan fingerprint density at radius 3 is 0.870 bits per heavy atom. The van der Waals surface area contributed by atoms with Gasteiger partial charge in [-0.15, -0.1) is 0 Å². The van der Waals surface area contributed by atoms with Crippen molar-refractivity contribution >= 4 is 5.91 Å². The molecule has 0 spiro atoms. The van der Waals surface area contributed by atoms with E-state index in [0.29, 0.717) is 12.8 Å². The summed E-state index contributed by atoms with van der Waals surface area (Å²) in [7, 11) is 0. The third-order valence-corrected chi connectivity index (χ3v) is 15.2. The molecule has 69 heavy (non-hydrogen) atoms. The second-order valence-electron chi connectivity index (χ2n) is 22.1. The maximum Gasteiger partial charge on any atom is 0.249 e. The quantitative estimate of drug-likeness (QED) is 0.0308. The summed E-state index contributed by atoms with van der Waals surface area (Å²) in [6.07, 6.45) is 70.3. The predicted octanol–water partition coefficient (Wildman–Crippen LogP) is 18.8. The van der Waals surface area contributed by atoms with E-state index in [1.165, 1.54) is 289 Å². The van der Waals surface area contributed by atoms with Crippen LogP contribution in [0.2, 0.25) is 0 Å². The Morgan fingerprint density at radius 1 is 0.348 bits per heavy atom. The van der Waals surface area contributed by atoms with Gasteiger partial charge in [-0.2, -0.15) is 0 Å². The number of aliphatic hydroxyl groups excluding tert-OH is 4. The predicted molar refractivity (Wildman–Crippen MR) is 302 cm³/mol. The van der Waals surface area contributed by atoms with Crippen molar-refractivity contribution in [2.45, 2.75) is 379 Å². The third-order valence-electron chi connectivity index (χ3n) is 15.2. The van der Waals surface area contributed by atoms with Gasteiger partial charge in [0.25, 0.3) is 0 Å². The van der Waals surface area contributed by atoms with E-state index in [9.17, 15) is 25.2 Å². The van der Waals surface area contributed by atoms with Crippen molar-refractivity contribution in [3.63, 3.8) is 0 Å². The van der Waals surface area contributed by atoms with Crippen LogP contribution in [0.25, 0.3) is 0 Å². The van der Waals surface area contributed by atoms with Crippen molar-refractivity contribution in [2.24, 2.45) is 0 Å². The highest BCUT2D eigenvalue weighted by Gasteiger charge is 2.28. The molecule has 6 nitrogen and oxygen atoms in total. The van der Waals surface area contributed by atoms with Crippen molar-refractivity contribution in [3.8, 4) is 0 Å². The molecule has 0 heterocycles. The topological polar surface area (TPSA) is 110 Å². The van der Waals surface area contributed by atoms with Gasteiger partial charge < -0.3 is 25.7 Å². The molecule has 412 valence electrons. The number of carbonyl (C=O) groups is 1. The van der Waals surface area contributed by atoms with Crippen molar-refractivity contribution in [1.82, 2.24) is 5.32 Å². The Hall–Kier alpha value is -0.950. The van der Waals surface area contributed by atoms with Gasteiger partial charge in [0.15, 0.2) is 0 Å². The van der Waals surface area contributed by atoms with E-state index in [-0.39, 0.29) is 0 Å². The van der Waals surface area contributed by atoms with Crippen LogP contribution in [0, 0.1) is 0 Å². The standard InChI is InChI=1S/C63H125NO5/c1-3-5-7-9-11-13-15-17-19-21-23-25-27-28-29-30-31-32-33-35-36-38-40-42-44-46-48-50-52-54-56-60(66)62(68)59(58-65)64-63(69)61(67)57-55-53-51-49-47-45-43-41-39-37-34-26-24-22-20-18-16-14-12-10-8-6-4-2/h48,50,59-62,65-68H,3-47,49,51-58H2,1-2H3,(H,64,69)/b50-48+.